The first-order valence-electron chi connectivity index (χ1n) is 34.8. The van der Waals surface area contributed by atoms with Gasteiger partial charge in [0.05, 0.1) is 0 Å². The van der Waals surface area contributed by atoms with Gasteiger partial charge in [-0.2, -0.15) is 0 Å². The Kier molecular flexibility index (Phi) is 60.1. The molecule has 0 aromatic heterocycles. The lowest BCUT2D eigenvalue weighted by atomic mass is 9.60. The third-order valence-electron chi connectivity index (χ3n) is 17.1. The summed E-state index contributed by atoms with van der Waals surface area (Å²) < 4.78 is 0. The summed E-state index contributed by atoms with van der Waals surface area (Å²) in [5.41, 5.74) is 8.70. The molecular weight excluding hydrogens is 937 g/mol. The van der Waals surface area contributed by atoms with Crippen molar-refractivity contribution in [1.82, 2.24) is 0 Å². The fourth-order valence-corrected chi connectivity index (χ4v) is 12.9. The van der Waals surface area contributed by atoms with Crippen LogP contribution in [0.5, 0.6) is 0 Å². The maximum Gasteiger partial charge on any atom is 0.000483 e. The smallest absolute Gasteiger partial charge is 0.000483 e. The summed E-state index contributed by atoms with van der Waals surface area (Å²) in [6.07, 6.45) is 29.8. The standard InChI is InChI=1S/C16H24.C15H22.C12H24.C11H22.8C3H8/c1-12(2)16(13(3)4)10-9-14-7-5-6-8-15(14)11-16;1-11(2)15(12(3)4)10-9-13-7-5-6-8-14(13)15;1-10(2)12(11(3)4)8-6-5-7-9-12;1-9(2)11(10(3)4)7-5-6-8-11;8*1-3-2/h5-8,12-13H,9-11H2,1-4H3;5-8,11-12H,9-10H2,1-4H3;10-11H,5-9H2,1-4H3;9-10H,5-8H2,1-4H3;8*3H2,1-2H3. The molecule has 0 bridgehead atoms. The molecule has 6 rings (SSSR count). The lowest BCUT2D eigenvalue weighted by Crippen LogP contribution is -2.38. The topological polar surface area (TPSA) is 0 Å². The van der Waals surface area contributed by atoms with Crippen LogP contribution < -0.4 is 0 Å². The first-order valence-corrected chi connectivity index (χ1v) is 34.8. The molecule has 2 aromatic rings. The van der Waals surface area contributed by atoms with Crippen LogP contribution in [0.15, 0.2) is 48.5 Å². The zero-order valence-corrected chi connectivity index (χ0v) is 60.8. The molecule has 2 aromatic carbocycles. The van der Waals surface area contributed by atoms with E-state index in [4.69, 9.17) is 0 Å². The van der Waals surface area contributed by atoms with Crippen LogP contribution >= 0.6 is 0 Å². The van der Waals surface area contributed by atoms with Gasteiger partial charge < -0.3 is 0 Å². The Morgan fingerprint density at radius 1 is 0.269 bits per heavy atom. The Morgan fingerprint density at radius 2 is 0.513 bits per heavy atom. The van der Waals surface area contributed by atoms with Crippen molar-refractivity contribution in [1.29, 1.82) is 0 Å². The van der Waals surface area contributed by atoms with E-state index >= 15 is 0 Å². The van der Waals surface area contributed by atoms with Crippen molar-refractivity contribution in [3.63, 3.8) is 0 Å². The van der Waals surface area contributed by atoms with Crippen molar-refractivity contribution in [3.8, 4) is 0 Å². The summed E-state index contributed by atoms with van der Waals surface area (Å²) in [5.74, 6) is 6.54. The summed E-state index contributed by atoms with van der Waals surface area (Å²) in [6, 6.07) is 18.0. The Labute approximate surface area is 500 Å². The van der Waals surface area contributed by atoms with E-state index in [1.807, 2.05) is 0 Å². The van der Waals surface area contributed by atoms with Crippen LogP contribution in [0.4, 0.5) is 0 Å². The number of hydrogen-bond donors (Lipinski definition) is 0. The average Bonchev–Trinajstić information content (AvgIpc) is 4.05. The Hall–Kier alpha value is -1.56. The Balaban J connectivity index is -0.000000196. The van der Waals surface area contributed by atoms with E-state index in [0.717, 1.165) is 47.3 Å². The van der Waals surface area contributed by atoms with Gasteiger partial charge in [0.25, 0.3) is 0 Å². The van der Waals surface area contributed by atoms with Gasteiger partial charge in [0.1, 0.15) is 0 Å². The molecule has 0 amide bonds. The summed E-state index contributed by atoms with van der Waals surface area (Å²) >= 11 is 0. The summed E-state index contributed by atoms with van der Waals surface area (Å²) in [6.45, 7) is 72.3. The maximum absolute atomic E-state index is 2.41. The molecule has 4 aliphatic rings. The summed E-state index contributed by atoms with van der Waals surface area (Å²) in [7, 11) is 0. The lowest BCUT2D eigenvalue weighted by molar-refractivity contribution is 0.0587. The molecule has 468 valence electrons. The molecule has 0 atom stereocenters. The molecule has 4 aliphatic carbocycles. The minimum absolute atomic E-state index is 0.427. The molecule has 0 unspecified atom stereocenters. The Bertz CT molecular complexity index is 1420. The van der Waals surface area contributed by atoms with Crippen molar-refractivity contribution in [2.75, 3.05) is 0 Å². The van der Waals surface area contributed by atoms with Crippen molar-refractivity contribution < 1.29 is 0 Å². The van der Waals surface area contributed by atoms with Gasteiger partial charge in [-0.25, -0.2) is 0 Å². The third kappa shape index (κ3) is 32.9. The number of benzene rings is 2. The molecule has 2 saturated carbocycles. The van der Waals surface area contributed by atoms with E-state index < -0.39 is 0 Å². The molecule has 0 saturated heterocycles. The van der Waals surface area contributed by atoms with Gasteiger partial charge >= 0.3 is 0 Å². The first kappa shape index (κ1) is 87.7. The van der Waals surface area contributed by atoms with Gasteiger partial charge in [-0.05, 0) is 144 Å². The predicted molar refractivity (Wildman–Crippen MR) is 370 cm³/mol. The zero-order chi connectivity index (χ0) is 62.1. The number of fused-ring (bicyclic) bond motifs is 2. The van der Waals surface area contributed by atoms with Gasteiger partial charge in [0.15, 0.2) is 0 Å². The van der Waals surface area contributed by atoms with Crippen LogP contribution in [0, 0.1) is 63.6 Å². The highest BCUT2D eigenvalue weighted by atomic mass is 14.5. The van der Waals surface area contributed by atoms with E-state index in [1.54, 1.807) is 22.3 Å². The second-order valence-electron chi connectivity index (χ2n) is 27.0. The largest absolute Gasteiger partial charge is 0.0656 e. The number of rotatable bonds is 8. The van der Waals surface area contributed by atoms with Crippen molar-refractivity contribution in [2.24, 2.45) is 63.6 Å². The molecule has 0 aliphatic heterocycles. The highest BCUT2D eigenvalue weighted by molar-refractivity contribution is 5.40. The molecule has 0 N–H and O–H groups in total. The van der Waals surface area contributed by atoms with E-state index in [-0.39, 0.29) is 0 Å². The lowest BCUT2D eigenvalue weighted by Gasteiger charge is -2.45. The Morgan fingerprint density at radius 3 is 0.782 bits per heavy atom. The van der Waals surface area contributed by atoms with Gasteiger partial charge in [-0.15, -0.1) is 0 Å². The van der Waals surface area contributed by atoms with E-state index in [2.05, 4.69) is 270 Å². The van der Waals surface area contributed by atoms with Crippen molar-refractivity contribution in [2.45, 2.75) is 368 Å². The molecule has 0 radical (unpaired) electrons. The second-order valence-corrected chi connectivity index (χ2v) is 27.0. The van der Waals surface area contributed by atoms with Crippen molar-refractivity contribution >= 4 is 0 Å². The van der Waals surface area contributed by atoms with Gasteiger partial charge in [0.2, 0.25) is 0 Å². The van der Waals surface area contributed by atoms with Crippen LogP contribution in [0.25, 0.3) is 0 Å². The predicted octanol–water partition coefficient (Wildman–Crippen LogP) is 28.1. The second kappa shape index (κ2) is 53.4. The minimum atomic E-state index is 0.427. The van der Waals surface area contributed by atoms with Crippen LogP contribution in [-0.4, -0.2) is 0 Å². The molecule has 0 heterocycles. The molecule has 2 fully saturated rings. The molecule has 0 nitrogen and oxygen atoms in total. The maximum atomic E-state index is 2.41. The quantitative estimate of drug-likeness (QED) is 0.247. The third-order valence-corrected chi connectivity index (χ3v) is 17.1. The van der Waals surface area contributed by atoms with Gasteiger partial charge in [-0.3, -0.25) is 0 Å². The SMILES string of the molecule is CC(C)C1(C(C)C)CCCC1.CC(C)C1(C(C)C)CCCCC1.CC(C)C1(C(C)C)CCc2ccccc21.CC(C)C1(C(C)C)CCc2ccccc2C1.CCC.CCC.CCC.CCC.CCC.CCC.CCC.CCC. The highest BCUT2D eigenvalue weighted by Crippen LogP contribution is 2.51. The van der Waals surface area contributed by atoms with Crippen molar-refractivity contribution in [3.05, 3.63) is 70.8 Å². The number of aryl methyl sites for hydroxylation is 2. The molecule has 0 spiro atoms. The minimum Gasteiger partial charge on any atom is -0.0656 e. The molecular formula is C78H156. The van der Waals surface area contributed by atoms with Crippen LogP contribution in [0.3, 0.4) is 0 Å². The molecule has 78 heavy (non-hydrogen) atoms. The van der Waals surface area contributed by atoms with Gasteiger partial charge in [0, 0.05) is 5.41 Å². The van der Waals surface area contributed by atoms with Crippen LogP contribution in [0.2, 0.25) is 0 Å². The highest BCUT2D eigenvalue weighted by Gasteiger charge is 2.44. The van der Waals surface area contributed by atoms with Gasteiger partial charge in [-0.1, -0.05) is 354 Å². The molecule has 0 heteroatoms. The fraction of sp³-hybridized carbons (Fsp3) is 0.846. The summed E-state index contributed by atoms with van der Waals surface area (Å²) in [5, 5.41) is 0. The van der Waals surface area contributed by atoms with E-state index in [9.17, 15) is 0 Å². The van der Waals surface area contributed by atoms with Crippen LogP contribution in [-0.2, 0) is 24.7 Å². The normalized spacial score (nSPS) is 16.2. The van der Waals surface area contributed by atoms with E-state index in [1.165, 1.54) is 141 Å². The van der Waals surface area contributed by atoms with Crippen LogP contribution in [0.1, 0.15) is 366 Å². The average molecular weight is 1090 g/mol. The number of hydrogen-bond acceptors (Lipinski definition) is 0. The summed E-state index contributed by atoms with van der Waals surface area (Å²) in [4.78, 5) is 0. The first-order chi connectivity index (χ1) is 36.6. The zero-order valence-electron chi connectivity index (χ0n) is 60.8. The fourth-order valence-electron chi connectivity index (χ4n) is 12.9. The van der Waals surface area contributed by atoms with E-state index in [0.29, 0.717) is 21.7 Å². The monoisotopic (exact) mass is 1090 g/mol.